The predicted molar refractivity (Wildman–Crippen MR) is 191 cm³/mol. The Kier molecular flexibility index (Phi) is 16.7. The molecule has 6 amide bonds. The predicted octanol–water partition coefficient (Wildman–Crippen LogP) is 2.41. The SMILES string of the molecule is CCCCCCCC(=O)N(C)[C@@H](CC(C)C)C(=O)N[C@H](C(=O)N(C)[C@H](C(=O)N1C[C@@H](O)C[C@H]1C(=O)N1C(=O)C=C[C@H]1C)C(C)C)C(C)OC(C)=O. The average molecular weight is 720 g/mol. The molecule has 51 heavy (non-hydrogen) atoms. The second-order valence-electron chi connectivity index (χ2n) is 14.8. The second-order valence-corrected chi connectivity index (χ2v) is 14.8. The summed E-state index contributed by atoms with van der Waals surface area (Å²) in [5.41, 5.74) is 0. The molecule has 14 heteroatoms. The molecule has 1 fully saturated rings. The van der Waals surface area contributed by atoms with Crippen LogP contribution >= 0.6 is 0 Å². The fourth-order valence-electron chi connectivity index (χ4n) is 6.85. The molecule has 14 nitrogen and oxygen atoms in total. The van der Waals surface area contributed by atoms with Gasteiger partial charge in [0.25, 0.3) is 11.8 Å². The number of carbonyl (C=O) groups excluding carboxylic acids is 7. The molecular weight excluding hydrogens is 658 g/mol. The molecule has 2 aliphatic heterocycles. The smallest absolute Gasteiger partial charge is 0.302 e. The van der Waals surface area contributed by atoms with Crippen molar-refractivity contribution >= 4 is 41.4 Å². The summed E-state index contributed by atoms with van der Waals surface area (Å²) in [6.45, 7) is 13.5. The van der Waals surface area contributed by atoms with E-state index in [1.54, 1.807) is 33.9 Å². The van der Waals surface area contributed by atoms with Gasteiger partial charge in [-0.1, -0.05) is 66.4 Å². The van der Waals surface area contributed by atoms with Gasteiger partial charge >= 0.3 is 5.97 Å². The van der Waals surface area contributed by atoms with Crippen molar-refractivity contribution in [3.8, 4) is 0 Å². The lowest BCUT2D eigenvalue weighted by molar-refractivity contribution is -0.157. The number of likely N-dealkylation sites (tertiary alicyclic amines) is 1. The minimum atomic E-state index is -1.43. The number of nitrogens with zero attached hydrogens (tertiary/aromatic N) is 4. The summed E-state index contributed by atoms with van der Waals surface area (Å²) < 4.78 is 5.38. The largest absolute Gasteiger partial charge is 0.460 e. The number of carbonyl (C=O) groups is 7. The number of nitrogens with one attached hydrogen (secondary N) is 1. The van der Waals surface area contributed by atoms with Gasteiger partial charge in [-0.25, -0.2) is 0 Å². The van der Waals surface area contributed by atoms with Crippen LogP contribution in [0.3, 0.4) is 0 Å². The van der Waals surface area contributed by atoms with Crippen molar-refractivity contribution in [2.24, 2.45) is 11.8 Å². The molecule has 0 saturated carbocycles. The molecule has 0 aromatic heterocycles. The molecule has 0 radical (unpaired) electrons. The lowest BCUT2D eigenvalue weighted by atomic mass is 9.98. The Morgan fingerprint density at radius 1 is 1.00 bits per heavy atom. The molecule has 2 heterocycles. The van der Waals surface area contributed by atoms with Crippen molar-refractivity contribution in [1.29, 1.82) is 0 Å². The number of rotatable bonds is 18. The number of likely N-dealkylation sites (N-methyl/N-ethyl adjacent to an activating group) is 2. The van der Waals surface area contributed by atoms with Crippen LogP contribution in [0.15, 0.2) is 12.2 Å². The van der Waals surface area contributed by atoms with Crippen molar-refractivity contribution in [2.75, 3.05) is 20.6 Å². The monoisotopic (exact) mass is 719 g/mol. The molecule has 288 valence electrons. The molecule has 0 aromatic rings. The first-order chi connectivity index (χ1) is 23.8. The van der Waals surface area contributed by atoms with E-state index in [2.05, 4.69) is 12.2 Å². The Morgan fingerprint density at radius 3 is 2.16 bits per heavy atom. The van der Waals surface area contributed by atoms with Gasteiger partial charge in [-0.05, 0) is 38.5 Å². The van der Waals surface area contributed by atoms with Crippen molar-refractivity contribution in [3.05, 3.63) is 12.2 Å². The Labute approximate surface area is 303 Å². The van der Waals surface area contributed by atoms with Crippen LogP contribution in [0.4, 0.5) is 0 Å². The first-order valence-corrected chi connectivity index (χ1v) is 18.4. The zero-order valence-corrected chi connectivity index (χ0v) is 32.2. The minimum Gasteiger partial charge on any atom is -0.460 e. The highest BCUT2D eigenvalue weighted by Gasteiger charge is 2.47. The van der Waals surface area contributed by atoms with Gasteiger partial charge in [-0.15, -0.1) is 0 Å². The van der Waals surface area contributed by atoms with Gasteiger partial charge in [-0.2, -0.15) is 0 Å². The number of imide groups is 1. The fourth-order valence-corrected chi connectivity index (χ4v) is 6.85. The van der Waals surface area contributed by atoms with Crippen LogP contribution in [-0.2, 0) is 38.3 Å². The number of esters is 1. The van der Waals surface area contributed by atoms with E-state index in [1.165, 1.54) is 36.8 Å². The summed E-state index contributed by atoms with van der Waals surface area (Å²) in [5, 5.41) is 13.3. The highest BCUT2D eigenvalue weighted by atomic mass is 16.5. The maximum absolute atomic E-state index is 14.3. The normalized spacial score (nSPS) is 21.0. The summed E-state index contributed by atoms with van der Waals surface area (Å²) in [7, 11) is 2.96. The highest BCUT2D eigenvalue weighted by Crippen LogP contribution is 2.27. The molecule has 0 spiro atoms. The number of aliphatic hydroxyl groups is 1. The molecule has 0 bridgehead atoms. The van der Waals surface area contributed by atoms with Crippen LogP contribution in [0, 0.1) is 11.8 Å². The molecular formula is C37H61N5O9. The third-order valence-corrected chi connectivity index (χ3v) is 9.63. The van der Waals surface area contributed by atoms with E-state index in [0.717, 1.165) is 35.5 Å². The Hall–Kier alpha value is -3.81. The van der Waals surface area contributed by atoms with Gasteiger partial charge in [0.15, 0.2) is 0 Å². The summed E-state index contributed by atoms with van der Waals surface area (Å²) in [4.78, 5) is 98.6. The first-order valence-electron chi connectivity index (χ1n) is 18.4. The van der Waals surface area contributed by atoms with Crippen molar-refractivity contribution in [2.45, 2.75) is 149 Å². The van der Waals surface area contributed by atoms with Crippen LogP contribution in [0.5, 0.6) is 0 Å². The van der Waals surface area contributed by atoms with Crippen LogP contribution in [0.1, 0.15) is 107 Å². The molecule has 0 aliphatic carbocycles. The number of aliphatic hydroxyl groups excluding tert-OH is 1. The third kappa shape index (κ3) is 11.6. The molecule has 1 saturated heterocycles. The van der Waals surface area contributed by atoms with Gasteiger partial charge in [0.1, 0.15) is 30.3 Å². The number of unbranched alkanes of at least 4 members (excludes halogenated alkanes) is 4. The number of hydrogen-bond donors (Lipinski definition) is 2. The second kappa shape index (κ2) is 19.7. The molecule has 2 N–H and O–H groups in total. The molecule has 2 aliphatic rings. The maximum Gasteiger partial charge on any atom is 0.302 e. The lowest BCUT2D eigenvalue weighted by Crippen LogP contribution is -2.62. The quantitative estimate of drug-likeness (QED) is 0.123. The standard InChI is InChI=1S/C37H61N5O9/c1-11-12-13-14-15-16-30(45)39(9)28(19-22(2)3)34(47)38-32(25(7)51-26(8)43)36(49)40(10)33(23(4)5)37(50)41-21-27(44)20-29(41)35(48)42-24(6)17-18-31(42)46/h17-18,22-25,27-29,32-33,44H,11-16,19-21H2,1-10H3,(H,38,47)/t24-,25?,27+,28+,29+,32+,33+/m1/s1. The van der Waals surface area contributed by atoms with E-state index >= 15 is 0 Å². The van der Waals surface area contributed by atoms with E-state index in [4.69, 9.17) is 4.74 Å². The zero-order chi connectivity index (χ0) is 38.7. The van der Waals surface area contributed by atoms with Crippen molar-refractivity contribution in [1.82, 2.24) is 24.9 Å². The number of β-amino-alcohol motifs (C(OH)–C–C–N with tert-alkyl or cyclic N) is 1. The van der Waals surface area contributed by atoms with Gasteiger partial charge < -0.3 is 29.9 Å². The number of hydrogen-bond acceptors (Lipinski definition) is 9. The van der Waals surface area contributed by atoms with Crippen molar-refractivity contribution in [3.63, 3.8) is 0 Å². The lowest BCUT2D eigenvalue weighted by Gasteiger charge is -2.38. The average Bonchev–Trinajstić information content (AvgIpc) is 3.61. The minimum absolute atomic E-state index is 0.0207. The van der Waals surface area contributed by atoms with Gasteiger partial charge in [0.2, 0.25) is 23.6 Å². The van der Waals surface area contributed by atoms with Gasteiger partial charge in [0, 0.05) is 46.5 Å². The van der Waals surface area contributed by atoms with E-state index in [9.17, 15) is 38.7 Å². The van der Waals surface area contributed by atoms with Crippen LogP contribution < -0.4 is 5.32 Å². The molecule has 7 atom stereocenters. The van der Waals surface area contributed by atoms with Gasteiger partial charge in [0.05, 0.1) is 12.1 Å². The Bertz CT molecular complexity index is 1300. The summed E-state index contributed by atoms with van der Waals surface area (Å²) >= 11 is 0. The summed E-state index contributed by atoms with van der Waals surface area (Å²) in [6, 6.07) is -5.14. The number of amides is 6. The van der Waals surface area contributed by atoms with Gasteiger partial charge in [-0.3, -0.25) is 38.5 Å². The third-order valence-electron chi connectivity index (χ3n) is 9.63. The Morgan fingerprint density at radius 2 is 1.63 bits per heavy atom. The zero-order valence-electron chi connectivity index (χ0n) is 32.2. The molecule has 2 rings (SSSR count). The summed E-state index contributed by atoms with van der Waals surface area (Å²) in [5.74, 6) is -4.43. The van der Waals surface area contributed by atoms with Crippen molar-refractivity contribution < 1.29 is 43.4 Å². The van der Waals surface area contributed by atoms with Crippen LogP contribution in [0.25, 0.3) is 0 Å². The highest BCUT2D eigenvalue weighted by molar-refractivity contribution is 6.06. The topological polar surface area (TPSA) is 174 Å². The Balaban J connectivity index is 2.38. The fraction of sp³-hybridized carbons (Fsp3) is 0.757. The molecule has 0 aromatic carbocycles. The first kappa shape index (κ1) is 43.4. The maximum atomic E-state index is 14.3. The number of ether oxygens (including phenoxy) is 1. The molecule has 1 unspecified atom stereocenters. The summed E-state index contributed by atoms with van der Waals surface area (Å²) in [6.07, 6.45) is 6.01. The van der Waals surface area contributed by atoms with Crippen LogP contribution in [-0.4, -0.2) is 129 Å². The van der Waals surface area contributed by atoms with E-state index in [0.29, 0.717) is 12.8 Å². The van der Waals surface area contributed by atoms with E-state index < -0.39 is 83.8 Å². The van der Waals surface area contributed by atoms with Crippen LogP contribution in [0.2, 0.25) is 0 Å². The van der Waals surface area contributed by atoms with E-state index in [-0.39, 0.29) is 31.2 Å². The van der Waals surface area contributed by atoms with E-state index in [1.807, 2.05) is 13.8 Å².